The van der Waals surface area contributed by atoms with Gasteiger partial charge in [-0.1, -0.05) is 18.2 Å². The van der Waals surface area contributed by atoms with Crippen LogP contribution in [0, 0.1) is 0 Å². The summed E-state index contributed by atoms with van der Waals surface area (Å²) in [5.74, 6) is 0. The Labute approximate surface area is 87.6 Å². The van der Waals surface area contributed by atoms with Gasteiger partial charge in [0.15, 0.2) is 0 Å². The smallest absolute Gasteiger partial charge is 0.0339 e. The van der Waals surface area contributed by atoms with Crippen LogP contribution in [0.3, 0.4) is 0 Å². The molecule has 13 heavy (non-hydrogen) atoms. The highest BCUT2D eigenvalue weighted by Crippen LogP contribution is 2.24. The first-order valence-electron chi connectivity index (χ1n) is 4.36. The van der Waals surface area contributed by atoms with Crippen LogP contribution >= 0.6 is 22.9 Å². The summed E-state index contributed by atoms with van der Waals surface area (Å²) < 4.78 is 0. The number of hydrogen-bond donors (Lipinski definition) is 0. The van der Waals surface area contributed by atoms with Gasteiger partial charge in [-0.05, 0) is 23.4 Å². The summed E-state index contributed by atoms with van der Waals surface area (Å²) >= 11 is 7.62. The highest BCUT2D eigenvalue weighted by molar-refractivity contribution is 7.10. The maximum atomic E-state index is 5.78. The summed E-state index contributed by atoms with van der Waals surface area (Å²) in [6.45, 7) is 6.69. The van der Waals surface area contributed by atoms with E-state index in [0.29, 0.717) is 0 Å². The predicted molar refractivity (Wildman–Crippen MR) is 58.3 cm³/mol. The summed E-state index contributed by atoms with van der Waals surface area (Å²) in [4.78, 5) is 3.83. The molecule has 0 amide bonds. The predicted octanol–water partition coefficient (Wildman–Crippen LogP) is 2.86. The second-order valence-corrected chi connectivity index (χ2v) is 4.88. The Bertz CT molecular complexity index is 318. The first-order valence-corrected chi connectivity index (χ1v) is 5.62. The zero-order chi connectivity index (χ0) is 9.26. The summed E-state index contributed by atoms with van der Waals surface area (Å²) in [5.41, 5.74) is 1.52. The Morgan fingerprint density at radius 3 is 3.31 bits per heavy atom. The quantitative estimate of drug-likeness (QED) is 0.731. The van der Waals surface area contributed by atoms with E-state index in [1.54, 1.807) is 0 Å². The Kier molecular flexibility index (Phi) is 2.72. The maximum absolute atomic E-state index is 5.78. The van der Waals surface area contributed by atoms with Crippen LogP contribution in [0.4, 0.5) is 0 Å². The third kappa shape index (κ3) is 2.13. The standard InChI is InChI=1S/C10H12ClNS/c1-8(11)6-12-4-2-9-3-5-13-10(9)7-12/h3,5H,1-2,4,6-7H2. The van der Waals surface area contributed by atoms with Gasteiger partial charge in [-0.3, -0.25) is 4.90 Å². The normalized spacial score (nSPS) is 17.0. The Hall–Kier alpha value is -0.310. The molecule has 1 nitrogen and oxygen atoms in total. The average molecular weight is 214 g/mol. The van der Waals surface area contributed by atoms with Crippen molar-refractivity contribution in [3.05, 3.63) is 33.5 Å². The van der Waals surface area contributed by atoms with Crippen molar-refractivity contribution in [3.63, 3.8) is 0 Å². The molecule has 0 aliphatic carbocycles. The van der Waals surface area contributed by atoms with Gasteiger partial charge in [0.25, 0.3) is 0 Å². The second kappa shape index (κ2) is 3.82. The summed E-state index contributed by atoms with van der Waals surface area (Å²) in [5, 5.41) is 2.91. The molecule has 0 saturated carbocycles. The van der Waals surface area contributed by atoms with E-state index in [9.17, 15) is 0 Å². The van der Waals surface area contributed by atoms with Crippen LogP contribution < -0.4 is 0 Å². The minimum absolute atomic E-state index is 0.736. The van der Waals surface area contributed by atoms with Crippen LogP contribution in [0.25, 0.3) is 0 Å². The molecule has 0 N–H and O–H groups in total. The van der Waals surface area contributed by atoms with E-state index in [0.717, 1.165) is 31.1 Å². The molecule has 0 fully saturated rings. The molecule has 2 heterocycles. The van der Waals surface area contributed by atoms with Gasteiger partial charge < -0.3 is 0 Å². The van der Waals surface area contributed by atoms with Crippen LogP contribution in [0.1, 0.15) is 10.4 Å². The number of thiophene rings is 1. The first kappa shape index (κ1) is 9.25. The third-order valence-electron chi connectivity index (χ3n) is 2.30. The van der Waals surface area contributed by atoms with Crippen LogP contribution in [0.5, 0.6) is 0 Å². The van der Waals surface area contributed by atoms with Gasteiger partial charge >= 0.3 is 0 Å². The molecular weight excluding hydrogens is 202 g/mol. The highest BCUT2D eigenvalue weighted by Gasteiger charge is 2.16. The lowest BCUT2D eigenvalue weighted by molar-refractivity contribution is 0.283. The summed E-state index contributed by atoms with van der Waals surface area (Å²) in [6, 6.07) is 2.23. The van der Waals surface area contributed by atoms with Crippen molar-refractivity contribution in [1.29, 1.82) is 0 Å². The van der Waals surface area contributed by atoms with E-state index in [4.69, 9.17) is 11.6 Å². The molecule has 0 radical (unpaired) electrons. The van der Waals surface area contributed by atoms with E-state index >= 15 is 0 Å². The zero-order valence-electron chi connectivity index (χ0n) is 7.42. The number of nitrogens with zero attached hydrogens (tertiary/aromatic N) is 1. The molecule has 0 atom stereocenters. The lowest BCUT2D eigenvalue weighted by atomic mass is 10.1. The molecule has 0 bridgehead atoms. The van der Waals surface area contributed by atoms with Gasteiger partial charge in [-0.25, -0.2) is 0 Å². The van der Waals surface area contributed by atoms with Gasteiger partial charge in [-0.2, -0.15) is 0 Å². The van der Waals surface area contributed by atoms with Crippen molar-refractivity contribution in [3.8, 4) is 0 Å². The first-order chi connectivity index (χ1) is 6.25. The zero-order valence-corrected chi connectivity index (χ0v) is 9.00. The van der Waals surface area contributed by atoms with E-state index in [1.807, 2.05) is 11.3 Å². The summed E-state index contributed by atoms with van der Waals surface area (Å²) in [6.07, 6.45) is 1.16. The molecule has 1 aliphatic heterocycles. The fourth-order valence-corrected chi connectivity index (χ4v) is 2.81. The van der Waals surface area contributed by atoms with Crippen molar-refractivity contribution in [2.45, 2.75) is 13.0 Å². The largest absolute Gasteiger partial charge is 0.293 e. The van der Waals surface area contributed by atoms with Crippen LogP contribution in [-0.2, 0) is 13.0 Å². The van der Waals surface area contributed by atoms with Crippen LogP contribution in [-0.4, -0.2) is 18.0 Å². The van der Waals surface area contributed by atoms with Gasteiger partial charge in [0.1, 0.15) is 0 Å². The monoisotopic (exact) mass is 213 g/mol. The fraction of sp³-hybridized carbons (Fsp3) is 0.400. The Morgan fingerprint density at radius 1 is 1.69 bits per heavy atom. The Morgan fingerprint density at radius 2 is 2.54 bits per heavy atom. The van der Waals surface area contributed by atoms with Gasteiger partial charge in [0.2, 0.25) is 0 Å². The SMILES string of the molecule is C=C(Cl)CN1CCc2ccsc2C1. The number of halogens is 1. The number of fused-ring (bicyclic) bond motifs is 1. The molecule has 1 aromatic rings. The lowest BCUT2D eigenvalue weighted by Crippen LogP contribution is -2.30. The van der Waals surface area contributed by atoms with E-state index < -0.39 is 0 Å². The highest BCUT2D eigenvalue weighted by atomic mass is 35.5. The van der Waals surface area contributed by atoms with Crippen LogP contribution in [0.2, 0.25) is 0 Å². The minimum Gasteiger partial charge on any atom is -0.293 e. The van der Waals surface area contributed by atoms with Gasteiger partial charge in [-0.15, -0.1) is 11.3 Å². The molecule has 1 aliphatic rings. The van der Waals surface area contributed by atoms with Crippen molar-refractivity contribution >= 4 is 22.9 Å². The molecule has 0 saturated heterocycles. The number of hydrogen-bond acceptors (Lipinski definition) is 2. The van der Waals surface area contributed by atoms with E-state index in [2.05, 4.69) is 22.9 Å². The van der Waals surface area contributed by atoms with Crippen molar-refractivity contribution < 1.29 is 0 Å². The van der Waals surface area contributed by atoms with Gasteiger partial charge in [0, 0.05) is 29.5 Å². The van der Waals surface area contributed by atoms with Crippen LogP contribution in [0.15, 0.2) is 23.1 Å². The maximum Gasteiger partial charge on any atom is 0.0339 e. The molecule has 3 heteroatoms. The molecule has 70 valence electrons. The Balaban J connectivity index is 2.04. The van der Waals surface area contributed by atoms with Crippen molar-refractivity contribution in [1.82, 2.24) is 4.90 Å². The minimum atomic E-state index is 0.736. The third-order valence-corrected chi connectivity index (χ3v) is 3.36. The van der Waals surface area contributed by atoms with E-state index in [1.165, 1.54) is 10.4 Å². The second-order valence-electron chi connectivity index (χ2n) is 3.35. The van der Waals surface area contributed by atoms with Crippen molar-refractivity contribution in [2.75, 3.05) is 13.1 Å². The van der Waals surface area contributed by atoms with Gasteiger partial charge in [0.05, 0.1) is 0 Å². The molecular formula is C10H12ClNS. The number of rotatable bonds is 2. The summed E-state index contributed by atoms with van der Waals surface area (Å²) in [7, 11) is 0. The molecule has 0 aromatic carbocycles. The fourth-order valence-electron chi connectivity index (χ4n) is 1.67. The molecule has 2 rings (SSSR count). The molecule has 0 unspecified atom stereocenters. The lowest BCUT2D eigenvalue weighted by Gasteiger charge is -2.25. The van der Waals surface area contributed by atoms with E-state index in [-0.39, 0.29) is 0 Å². The molecule has 1 aromatic heterocycles. The topological polar surface area (TPSA) is 3.24 Å². The van der Waals surface area contributed by atoms with Crippen molar-refractivity contribution in [2.24, 2.45) is 0 Å². The average Bonchev–Trinajstić information content (AvgIpc) is 2.49. The molecule has 0 spiro atoms.